The van der Waals surface area contributed by atoms with Gasteiger partial charge in [-0.05, 0) is 23.0 Å². The van der Waals surface area contributed by atoms with Crippen molar-refractivity contribution in [1.82, 2.24) is 5.34 Å². The molecule has 2 atom stereocenters. The number of carbonyl (C=O) groups is 1. The third kappa shape index (κ3) is 2.96. The Bertz CT molecular complexity index is 450. The largest absolute Gasteiger partial charge is 0.289 e. The van der Waals surface area contributed by atoms with Gasteiger partial charge in [-0.3, -0.25) is 14.9 Å². The van der Waals surface area contributed by atoms with E-state index in [1.807, 2.05) is 0 Å². The van der Waals surface area contributed by atoms with Gasteiger partial charge in [0.25, 0.3) is 11.6 Å². The predicted octanol–water partition coefficient (Wildman–Crippen LogP) is 2.84. The standard InChI is InChI=1S/C10H9F3N2O3/c1-6(10(16)14(12)13)9(11)7-2-4-8(5-3-7)15(17)18/h2-6,9H,1H3. The van der Waals surface area contributed by atoms with Crippen molar-refractivity contribution in [3.05, 3.63) is 39.9 Å². The number of carbonyl (C=O) groups excluding carboxylic acids is 1. The van der Waals surface area contributed by atoms with Gasteiger partial charge >= 0.3 is 0 Å². The lowest BCUT2D eigenvalue weighted by atomic mass is 9.98. The molecule has 0 bridgehead atoms. The van der Waals surface area contributed by atoms with Crippen LogP contribution >= 0.6 is 0 Å². The second-order valence-electron chi connectivity index (χ2n) is 3.61. The van der Waals surface area contributed by atoms with Gasteiger partial charge in [0, 0.05) is 12.1 Å². The number of non-ortho nitro benzene ring substituents is 1. The fourth-order valence-corrected chi connectivity index (χ4v) is 1.35. The zero-order valence-corrected chi connectivity index (χ0v) is 9.22. The maximum atomic E-state index is 13.7. The number of hydrogen-bond acceptors (Lipinski definition) is 3. The van der Waals surface area contributed by atoms with Crippen molar-refractivity contribution in [3.8, 4) is 0 Å². The molecule has 0 aliphatic carbocycles. The van der Waals surface area contributed by atoms with E-state index in [1.54, 1.807) is 0 Å². The summed E-state index contributed by atoms with van der Waals surface area (Å²) in [7, 11) is 0. The molecular weight excluding hydrogens is 253 g/mol. The SMILES string of the molecule is CC(C(=O)N(F)F)C(F)c1ccc([N+](=O)[O-])cc1. The molecule has 0 spiro atoms. The minimum absolute atomic E-state index is 0.0664. The molecule has 1 aromatic carbocycles. The van der Waals surface area contributed by atoms with Gasteiger partial charge in [-0.2, -0.15) is 0 Å². The lowest BCUT2D eigenvalue weighted by molar-refractivity contribution is -0.384. The second kappa shape index (κ2) is 5.48. The lowest BCUT2D eigenvalue weighted by Crippen LogP contribution is -2.25. The van der Waals surface area contributed by atoms with Gasteiger partial charge in [0.1, 0.15) is 6.17 Å². The summed E-state index contributed by atoms with van der Waals surface area (Å²) in [5.74, 6) is -3.22. The van der Waals surface area contributed by atoms with Crippen molar-refractivity contribution in [2.45, 2.75) is 13.1 Å². The molecule has 0 aliphatic heterocycles. The molecule has 0 fully saturated rings. The number of halogens is 3. The van der Waals surface area contributed by atoms with E-state index in [0.717, 1.165) is 31.2 Å². The average molecular weight is 262 g/mol. The molecule has 2 unspecified atom stereocenters. The molecule has 0 radical (unpaired) electrons. The van der Waals surface area contributed by atoms with Crippen molar-refractivity contribution in [2.24, 2.45) is 5.92 Å². The highest BCUT2D eigenvalue weighted by Gasteiger charge is 2.30. The van der Waals surface area contributed by atoms with Crippen LogP contribution in [0.5, 0.6) is 0 Å². The first kappa shape index (κ1) is 13.9. The summed E-state index contributed by atoms with van der Waals surface area (Å²) in [6, 6.07) is 4.27. The monoisotopic (exact) mass is 262 g/mol. The Balaban J connectivity index is 2.87. The minimum atomic E-state index is -1.95. The van der Waals surface area contributed by atoms with Gasteiger partial charge in [0.05, 0.1) is 10.8 Å². The molecule has 1 aromatic rings. The Morgan fingerprint density at radius 1 is 1.33 bits per heavy atom. The maximum absolute atomic E-state index is 13.7. The van der Waals surface area contributed by atoms with Gasteiger partial charge in [-0.25, -0.2) is 4.39 Å². The number of nitro groups is 1. The van der Waals surface area contributed by atoms with Gasteiger partial charge in [0.2, 0.25) is 0 Å². The van der Waals surface area contributed by atoms with E-state index in [0.29, 0.717) is 0 Å². The number of nitrogens with zero attached hydrogens (tertiary/aromatic N) is 2. The molecule has 5 nitrogen and oxygen atoms in total. The summed E-state index contributed by atoms with van der Waals surface area (Å²) in [4.78, 5) is 20.6. The van der Waals surface area contributed by atoms with E-state index >= 15 is 0 Å². The highest BCUT2D eigenvalue weighted by Crippen LogP contribution is 2.29. The van der Waals surface area contributed by atoms with Crippen molar-refractivity contribution in [2.75, 3.05) is 0 Å². The topological polar surface area (TPSA) is 63.5 Å². The molecule has 1 rings (SSSR count). The van der Waals surface area contributed by atoms with E-state index in [4.69, 9.17) is 0 Å². The first-order valence-corrected chi connectivity index (χ1v) is 4.88. The van der Waals surface area contributed by atoms with Crippen LogP contribution < -0.4 is 0 Å². The van der Waals surface area contributed by atoms with Crippen LogP contribution in [-0.2, 0) is 4.79 Å². The number of hydrogen-bond donors (Lipinski definition) is 0. The Morgan fingerprint density at radius 3 is 2.22 bits per heavy atom. The Hall–Kier alpha value is -2.12. The molecule has 0 aromatic heterocycles. The third-order valence-electron chi connectivity index (χ3n) is 2.42. The molecular formula is C10H9F3N2O3. The van der Waals surface area contributed by atoms with Gasteiger partial charge in [0.15, 0.2) is 0 Å². The van der Waals surface area contributed by atoms with Crippen LogP contribution in [0.3, 0.4) is 0 Å². The van der Waals surface area contributed by atoms with Gasteiger partial charge in [-0.15, -0.1) is 0 Å². The molecule has 0 heterocycles. The molecule has 18 heavy (non-hydrogen) atoms. The number of benzene rings is 1. The van der Waals surface area contributed by atoms with Crippen LogP contribution in [0.25, 0.3) is 0 Å². The predicted molar refractivity (Wildman–Crippen MR) is 55.2 cm³/mol. The van der Waals surface area contributed by atoms with Crippen LogP contribution in [-0.4, -0.2) is 16.2 Å². The molecule has 0 saturated heterocycles. The van der Waals surface area contributed by atoms with Crippen molar-refractivity contribution < 1.29 is 23.1 Å². The molecule has 0 N–H and O–H groups in total. The van der Waals surface area contributed by atoms with E-state index in [2.05, 4.69) is 0 Å². The smallest absolute Gasteiger partial charge is 0.269 e. The minimum Gasteiger partial charge on any atom is -0.269 e. The summed E-state index contributed by atoms with van der Waals surface area (Å²) in [6.45, 7) is 1.01. The van der Waals surface area contributed by atoms with Crippen molar-refractivity contribution in [3.63, 3.8) is 0 Å². The molecule has 0 saturated carbocycles. The fourth-order valence-electron chi connectivity index (χ4n) is 1.35. The summed E-state index contributed by atoms with van der Waals surface area (Å²) >= 11 is 0. The first-order chi connectivity index (χ1) is 8.34. The summed E-state index contributed by atoms with van der Waals surface area (Å²) in [5, 5.41) is 8.69. The van der Waals surface area contributed by atoms with E-state index in [9.17, 15) is 28.3 Å². The van der Waals surface area contributed by atoms with Crippen LogP contribution in [0, 0.1) is 16.0 Å². The zero-order chi connectivity index (χ0) is 13.9. The second-order valence-corrected chi connectivity index (χ2v) is 3.61. The van der Waals surface area contributed by atoms with Crippen LogP contribution in [0.4, 0.5) is 19.0 Å². The normalized spacial score (nSPS) is 13.8. The number of nitro benzene ring substituents is 1. The van der Waals surface area contributed by atoms with Crippen LogP contribution in [0.15, 0.2) is 24.3 Å². The molecule has 8 heteroatoms. The van der Waals surface area contributed by atoms with E-state index in [-0.39, 0.29) is 11.3 Å². The van der Waals surface area contributed by atoms with Crippen molar-refractivity contribution >= 4 is 11.6 Å². The summed E-state index contributed by atoms with van der Waals surface area (Å²) < 4.78 is 37.6. The number of alkyl halides is 1. The highest BCUT2D eigenvalue weighted by molar-refractivity contribution is 5.77. The maximum Gasteiger partial charge on any atom is 0.289 e. The van der Waals surface area contributed by atoms with Crippen LogP contribution in [0.2, 0.25) is 0 Å². The fraction of sp³-hybridized carbons (Fsp3) is 0.300. The third-order valence-corrected chi connectivity index (χ3v) is 2.42. The summed E-state index contributed by atoms with van der Waals surface area (Å²) in [5.41, 5.74) is -0.314. The van der Waals surface area contributed by atoms with Crippen LogP contribution in [0.1, 0.15) is 18.7 Å². The zero-order valence-electron chi connectivity index (χ0n) is 9.22. The molecule has 0 aliphatic rings. The first-order valence-electron chi connectivity index (χ1n) is 4.88. The Morgan fingerprint density at radius 2 is 1.83 bits per heavy atom. The van der Waals surface area contributed by atoms with Gasteiger partial charge in [-0.1, -0.05) is 15.9 Å². The Labute approximate surface area is 99.8 Å². The highest BCUT2D eigenvalue weighted by atomic mass is 19.4. The van der Waals surface area contributed by atoms with Gasteiger partial charge < -0.3 is 0 Å². The molecule has 1 amide bonds. The average Bonchev–Trinajstić information content (AvgIpc) is 2.36. The Kier molecular flexibility index (Phi) is 4.24. The number of rotatable bonds is 4. The number of amides is 1. The quantitative estimate of drug-likeness (QED) is 0.476. The molecule has 98 valence electrons. The van der Waals surface area contributed by atoms with Crippen molar-refractivity contribution in [1.29, 1.82) is 0 Å². The van der Waals surface area contributed by atoms with E-state index < -0.39 is 28.3 Å². The lowest BCUT2D eigenvalue weighted by Gasteiger charge is -2.15. The van der Waals surface area contributed by atoms with E-state index in [1.165, 1.54) is 0 Å². The summed E-state index contributed by atoms with van der Waals surface area (Å²) in [6.07, 6.45) is -1.95.